The van der Waals surface area contributed by atoms with Crippen LogP contribution in [0.3, 0.4) is 0 Å². The number of benzene rings is 2. The van der Waals surface area contributed by atoms with E-state index < -0.39 is 11.7 Å². The Morgan fingerprint density at radius 3 is 3.00 bits per heavy atom. The van der Waals surface area contributed by atoms with E-state index in [1.165, 1.54) is 18.2 Å². The minimum Gasteiger partial charge on any atom is -0.504 e. The average molecular weight is 356 g/mol. The van der Waals surface area contributed by atoms with E-state index in [9.17, 15) is 14.3 Å². The van der Waals surface area contributed by atoms with Gasteiger partial charge in [0.25, 0.3) is 0 Å². The number of anilines is 1. The Bertz CT molecular complexity index is 1040. The molecular weight excluding hydrogens is 343 g/mol. The van der Waals surface area contributed by atoms with Crippen LogP contribution < -0.4 is 5.32 Å². The van der Waals surface area contributed by atoms with Crippen molar-refractivity contribution in [3.8, 4) is 5.75 Å². The minimum atomic E-state index is -0.588. The molecule has 1 atom stereocenters. The van der Waals surface area contributed by atoms with Gasteiger partial charge in [-0.1, -0.05) is 18.3 Å². The summed E-state index contributed by atoms with van der Waals surface area (Å²) in [6.07, 6.45) is 0.359. The van der Waals surface area contributed by atoms with Crippen molar-refractivity contribution in [3.63, 3.8) is 0 Å². The quantitative estimate of drug-likeness (QED) is 0.681. The van der Waals surface area contributed by atoms with Gasteiger partial charge in [0.2, 0.25) is 0 Å². The van der Waals surface area contributed by atoms with Crippen molar-refractivity contribution in [2.75, 3.05) is 5.32 Å². The zero-order valence-electron chi connectivity index (χ0n) is 13.2. The largest absolute Gasteiger partial charge is 0.504 e. The van der Waals surface area contributed by atoms with Crippen molar-refractivity contribution in [2.45, 2.75) is 13.3 Å². The molecule has 0 saturated heterocycles. The van der Waals surface area contributed by atoms with Crippen LogP contribution in [0, 0.1) is 18.7 Å². The lowest BCUT2D eigenvalue weighted by Crippen LogP contribution is -2.25. The topological polar surface area (TPSA) is 75.4 Å². The molecule has 0 aliphatic heterocycles. The van der Waals surface area contributed by atoms with Gasteiger partial charge in [0.15, 0.2) is 23.0 Å². The van der Waals surface area contributed by atoms with Crippen molar-refractivity contribution in [1.29, 1.82) is 0 Å². The van der Waals surface area contributed by atoms with Crippen molar-refractivity contribution in [1.82, 2.24) is 4.98 Å². The predicted octanol–water partition coefficient (Wildman–Crippen LogP) is 3.78. The summed E-state index contributed by atoms with van der Waals surface area (Å²) in [4.78, 5) is 17.3. The first-order valence-corrected chi connectivity index (χ1v) is 8.07. The monoisotopic (exact) mass is 356 g/mol. The molecule has 1 heterocycles. The van der Waals surface area contributed by atoms with Crippen molar-refractivity contribution in [3.05, 3.63) is 53.2 Å². The summed E-state index contributed by atoms with van der Waals surface area (Å²) in [6, 6.07) is 7.27. The summed E-state index contributed by atoms with van der Waals surface area (Å²) >= 11 is 5.36. The Kier molecular flexibility index (Phi) is 3.54. The molecule has 25 heavy (non-hydrogen) atoms. The number of hydrogen-bond donors (Lipinski definition) is 2. The number of aromatic nitrogens is 1. The molecule has 7 heteroatoms. The number of oxazole rings is 1. The minimum absolute atomic E-state index is 0.118. The number of rotatable bonds is 2. The SMILES string of the molecule is Cc1nc2c3c(cc(O)c2o1)C(=O)C(C(=S)Nc1cccc(F)c1)C3. The van der Waals surface area contributed by atoms with Crippen molar-refractivity contribution >= 4 is 39.8 Å². The maximum absolute atomic E-state index is 13.3. The molecule has 126 valence electrons. The molecular formula is C18H13FN2O3S. The van der Waals surface area contributed by atoms with E-state index in [1.54, 1.807) is 19.1 Å². The molecule has 0 amide bonds. The van der Waals surface area contributed by atoms with Gasteiger partial charge in [0.1, 0.15) is 11.3 Å². The second-order valence-electron chi connectivity index (χ2n) is 5.95. The molecule has 5 nitrogen and oxygen atoms in total. The summed E-state index contributed by atoms with van der Waals surface area (Å²) in [5.41, 5.74) is 2.35. The summed E-state index contributed by atoms with van der Waals surface area (Å²) in [5, 5.41) is 13.0. The number of thiocarbonyl (C=S) groups is 1. The van der Waals surface area contributed by atoms with E-state index >= 15 is 0 Å². The van der Waals surface area contributed by atoms with Gasteiger partial charge in [0.05, 0.1) is 10.9 Å². The fourth-order valence-electron chi connectivity index (χ4n) is 3.14. The zero-order chi connectivity index (χ0) is 17.7. The molecule has 0 spiro atoms. The molecule has 1 unspecified atom stereocenters. The van der Waals surface area contributed by atoms with E-state index in [1.807, 2.05) is 0 Å². The summed E-state index contributed by atoms with van der Waals surface area (Å²) in [5.74, 6) is -0.877. The number of fused-ring (bicyclic) bond motifs is 3. The van der Waals surface area contributed by atoms with Gasteiger partial charge in [-0.05, 0) is 36.2 Å². The van der Waals surface area contributed by atoms with Gasteiger partial charge in [-0.3, -0.25) is 4.79 Å². The first kappa shape index (κ1) is 15.7. The lowest BCUT2D eigenvalue weighted by Gasteiger charge is -2.12. The van der Waals surface area contributed by atoms with E-state index in [0.29, 0.717) is 39.6 Å². The number of phenols is 1. The Balaban J connectivity index is 1.68. The number of ketones is 1. The number of hydrogen-bond acceptors (Lipinski definition) is 5. The molecule has 0 radical (unpaired) electrons. The highest BCUT2D eigenvalue weighted by atomic mass is 32.1. The number of nitrogens with zero attached hydrogens (tertiary/aromatic N) is 1. The Hall–Kier alpha value is -2.80. The van der Waals surface area contributed by atoms with Gasteiger partial charge in [-0.2, -0.15) is 0 Å². The first-order valence-electron chi connectivity index (χ1n) is 7.66. The zero-order valence-corrected chi connectivity index (χ0v) is 14.0. The predicted molar refractivity (Wildman–Crippen MR) is 94.6 cm³/mol. The molecule has 0 saturated carbocycles. The van der Waals surface area contributed by atoms with E-state index in [2.05, 4.69) is 10.3 Å². The molecule has 0 bridgehead atoms. The number of halogens is 1. The summed E-state index contributed by atoms with van der Waals surface area (Å²) in [7, 11) is 0. The lowest BCUT2D eigenvalue weighted by molar-refractivity contribution is 0.0969. The van der Waals surface area contributed by atoms with E-state index in [0.717, 1.165) is 0 Å². The Morgan fingerprint density at radius 1 is 1.44 bits per heavy atom. The summed E-state index contributed by atoms with van der Waals surface area (Å²) < 4.78 is 18.7. The van der Waals surface area contributed by atoms with Crippen LogP contribution in [0.5, 0.6) is 5.75 Å². The van der Waals surface area contributed by atoms with Crippen LogP contribution in [0.1, 0.15) is 21.8 Å². The molecule has 2 aromatic carbocycles. The number of aromatic hydroxyl groups is 1. The van der Waals surface area contributed by atoms with E-state index in [-0.39, 0.29) is 17.1 Å². The third-order valence-electron chi connectivity index (χ3n) is 4.26. The fraction of sp³-hybridized carbons (Fsp3) is 0.167. The lowest BCUT2D eigenvalue weighted by atomic mass is 10.1. The van der Waals surface area contributed by atoms with Crippen molar-refractivity contribution in [2.24, 2.45) is 5.92 Å². The average Bonchev–Trinajstić information content (AvgIpc) is 3.09. The van der Waals surface area contributed by atoms with Crippen LogP contribution >= 0.6 is 12.2 Å². The van der Waals surface area contributed by atoms with Gasteiger partial charge in [-0.25, -0.2) is 9.37 Å². The normalized spacial score (nSPS) is 16.2. The summed E-state index contributed by atoms with van der Waals surface area (Å²) in [6.45, 7) is 1.68. The Morgan fingerprint density at radius 2 is 2.24 bits per heavy atom. The number of carbonyl (C=O) groups excluding carboxylic acids is 1. The maximum atomic E-state index is 13.3. The van der Waals surface area contributed by atoms with Crippen LogP contribution in [-0.4, -0.2) is 20.9 Å². The fourth-order valence-corrected chi connectivity index (χ4v) is 3.45. The highest BCUT2D eigenvalue weighted by Crippen LogP contribution is 2.38. The molecule has 4 rings (SSSR count). The number of carbonyl (C=O) groups is 1. The standard InChI is InChI=1S/C18H13FN2O3S/c1-8-20-15-11-6-13(16(23)12(11)7-14(22)17(15)24-8)18(25)21-10-4-2-3-9(19)5-10/h2-5,7,13,22H,6H2,1H3,(H,21,25). The molecule has 1 aliphatic rings. The van der Waals surface area contributed by atoms with Gasteiger partial charge in [0, 0.05) is 18.2 Å². The number of Topliss-reactive ketones (excluding diaryl/α,β-unsaturated/α-hetero) is 1. The second kappa shape index (κ2) is 5.63. The molecule has 2 N–H and O–H groups in total. The Labute approximate surface area is 147 Å². The molecule has 3 aromatic rings. The van der Waals surface area contributed by atoms with Crippen LogP contribution in [0.15, 0.2) is 34.7 Å². The molecule has 1 aromatic heterocycles. The van der Waals surface area contributed by atoms with Crippen LogP contribution in [0.2, 0.25) is 0 Å². The number of nitrogens with one attached hydrogen (secondary N) is 1. The molecule has 1 aliphatic carbocycles. The van der Waals surface area contributed by atoms with Gasteiger partial charge < -0.3 is 14.8 Å². The van der Waals surface area contributed by atoms with E-state index in [4.69, 9.17) is 16.6 Å². The number of phenolic OH excluding ortho intramolecular Hbond substituents is 1. The van der Waals surface area contributed by atoms with Gasteiger partial charge in [-0.15, -0.1) is 0 Å². The third-order valence-corrected chi connectivity index (χ3v) is 4.64. The highest BCUT2D eigenvalue weighted by molar-refractivity contribution is 7.80. The maximum Gasteiger partial charge on any atom is 0.196 e. The molecule has 0 fully saturated rings. The van der Waals surface area contributed by atoms with Gasteiger partial charge >= 0.3 is 0 Å². The first-order chi connectivity index (χ1) is 11.9. The van der Waals surface area contributed by atoms with Crippen molar-refractivity contribution < 1.29 is 18.7 Å². The smallest absolute Gasteiger partial charge is 0.196 e. The third kappa shape index (κ3) is 2.56. The van der Waals surface area contributed by atoms with Crippen LogP contribution in [0.25, 0.3) is 11.1 Å². The van der Waals surface area contributed by atoms with Crippen LogP contribution in [-0.2, 0) is 6.42 Å². The highest BCUT2D eigenvalue weighted by Gasteiger charge is 2.36. The second-order valence-corrected chi connectivity index (χ2v) is 6.39. The van der Waals surface area contributed by atoms with Crippen LogP contribution in [0.4, 0.5) is 10.1 Å². The number of aryl methyl sites for hydroxylation is 1.